The maximum absolute atomic E-state index is 13.4. The predicted molar refractivity (Wildman–Crippen MR) is 277 cm³/mol. The molecule has 1 saturated heterocycles. The summed E-state index contributed by atoms with van der Waals surface area (Å²) in [6.07, 6.45) is 11.9. The molecule has 2 aliphatic carbocycles. The fourth-order valence-electron chi connectivity index (χ4n) is 11.2. The number of hydrogen-bond donors (Lipinski definition) is 1. The van der Waals surface area contributed by atoms with E-state index >= 15 is 0 Å². The lowest BCUT2D eigenvalue weighted by Crippen LogP contribution is -2.56. The molecule has 2 amide bonds. The molecule has 4 aliphatic rings. The zero-order valence-corrected chi connectivity index (χ0v) is 45.6. The maximum Gasteiger partial charge on any atom is 0.338 e. The van der Waals surface area contributed by atoms with Crippen LogP contribution in [0.25, 0.3) is 0 Å². The number of benzene rings is 2. The highest BCUT2D eigenvalue weighted by molar-refractivity contribution is 6.25. The summed E-state index contributed by atoms with van der Waals surface area (Å²) in [6.45, 7) is 34.9. The molecule has 384 valence electrons. The van der Waals surface area contributed by atoms with Gasteiger partial charge in [0.2, 0.25) is 12.1 Å². The summed E-state index contributed by atoms with van der Waals surface area (Å²) in [5, 5.41) is 16.9. The molecule has 0 radical (unpaired) electrons. The largest absolute Gasteiger partial charge is 0.622 e. The van der Waals surface area contributed by atoms with E-state index in [9.17, 15) is 24.4 Å². The van der Waals surface area contributed by atoms with Gasteiger partial charge in [0.1, 0.15) is 0 Å². The van der Waals surface area contributed by atoms with Crippen molar-refractivity contribution in [2.24, 2.45) is 33.5 Å². The number of carbonyl (C=O) groups is 4. The summed E-state index contributed by atoms with van der Waals surface area (Å²) in [6, 6.07) is 14.9. The van der Waals surface area contributed by atoms with Gasteiger partial charge in [0.15, 0.2) is 0 Å². The smallest absolute Gasteiger partial charge is 0.338 e. The standard InChI is InChI=1S/C29H44N2O4.C29H46N2O3/c1-20(2)35-26(33)22-11-9-21(10-12-22)24(15-16-27(3,4)5)31-25(32)19-30(34)29(31)17-13-23(14-18-29)28(6,7)8;1-20(2)34-26(33)22-11-9-21(10-12-22)24(15-16-27(3,4)5)31-25(32)19-30-29(31)17-13-23(14-18-29)28(6,7)8/h9-12,19-20,23-24H,13-18H2,1-8H3;9-12,20,23-24,30H,13-19H2,1-8H3/t2*23?,24-,29?/m11/s1. The molecule has 69 heavy (non-hydrogen) atoms. The highest BCUT2D eigenvalue weighted by atomic mass is 16.5. The van der Waals surface area contributed by atoms with Crippen LogP contribution >= 0.6 is 0 Å². The number of esters is 2. The molecule has 11 heteroatoms. The number of nitrogens with one attached hydrogen (secondary N) is 1. The number of nitrogens with zero attached hydrogens (tertiary/aromatic N) is 3. The summed E-state index contributed by atoms with van der Waals surface area (Å²) in [5.74, 6) is 0.526. The van der Waals surface area contributed by atoms with E-state index in [4.69, 9.17) is 9.47 Å². The molecule has 0 bridgehead atoms. The van der Waals surface area contributed by atoms with Gasteiger partial charge >= 0.3 is 17.8 Å². The van der Waals surface area contributed by atoms with Crippen LogP contribution in [-0.4, -0.2) is 74.6 Å². The van der Waals surface area contributed by atoms with Crippen LogP contribution in [0.3, 0.4) is 0 Å². The first-order valence-corrected chi connectivity index (χ1v) is 26.2. The molecular formula is C58H90N4O7. The van der Waals surface area contributed by atoms with Gasteiger partial charge in [-0.05, 0) is 161 Å². The highest BCUT2D eigenvalue weighted by Crippen LogP contribution is 2.50. The third kappa shape index (κ3) is 14.0. The number of carbonyl (C=O) groups excluding carboxylic acids is 4. The molecule has 11 nitrogen and oxygen atoms in total. The average molecular weight is 955 g/mol. The van der Waals surface area contributed by atoms with Crippen LogP contribution in [-0.2, 0) is 19.1 Å². The van der Waals surface area contributed by atoms with E-state index in [0.29, 0.717) is 47.8 Å². The first kappa shape index (κ1) is 55.7. The number of hydroxylamine groups is 1. The Balaban J connectivity index is 0.000000258. The third-order valence-electron chi connectivity index (χ3n) is 15.4. The molecule has 2 aromatic carbocycles. The lowest BCUT2D eigenvalue weighted by atomic mass is 9.69. The topological polar surface area (TPSA) is 131 Å². The van der Waals surface area contributed by atoms with Gasteiger partial charge in [-0.25, -0.2) is 9.59 Å². The van der Waals surface area contributed by atoms with E-state index < -0.39 is 5.66 Å². The third-order valence-corrected chi connectivity index (χ3v) is 15.4. The molecule has 6 rings (SSSR count). The zero-order valence-electron chi connectivity index (χ0n) is 45.6. The average Bonchev–Trinajstić information content (AvgIpc) is 3.66. The minimum absolute atomic E-state index is 0.0110. The van der Waals surface area contributed by atoms with Gasteiger partial charge in [-0.3, -0.25) is 19.8 Å². The van der Waals surface area contributed by atoms with E-state index in [0.717, 1.165) is 80.1 Å². The molecule has 2 aromatic rings. The van der Waals surface area contributed by atoms with Crippen molar-refractivity contribution in [1.82, 2.24) is 15.1 Å². The van der Waals surface area contributed by atoms with E-state index in [2.05, 4.69) is 93.3 Å². The van der Waals surface area contributed by atoms with Crippen LogP contribution in [0.5, 0.6) is 0 Å². The maximum atomic E-state index is 13.4. The Morgan fingerprint density at radius 3 is 1.38 bits per heavy atom. The molecule has 0 unspecified atom stereocenters. The van der Waals surface area contributed by atoms with Gasteiger partial charge in [0, 0.05) is 12.8 Å². The minimum Gasteiger partial charge on any atom is -0.622 e. The first-order chi connectivity index (χ1) is 31.9. The van der Waals surface area contributed by atoms with Gasteiger partial charge in [0.05, 0.1) is 47.6 Å². The molecule has 2 heterocycles. The molecule has 2 atom stereocenters. The predicted octanol–water partition coefficient (Wildman–Crippen LogP) is 13.0. The molecular weight excluding hydrogens is 865 g/mol. The Morgan fingerprint density at radius 2 is 1.01 bits per heavy atom. The quantitative estimate of drug-likeness (QED) is 0.126. The zero-order chi connectivity index (χ0) is 51.5. The Kier molecular flexibility index (Phi) is 17.4. The summed E-state index contributed by atoms with van der Waals surface area (Å²) in [4.78, 5) is 55.4. The van der Waals surface area contributed by atoms with Crippen LogP contribution < -0.4 is 5.32 Å². The molecule has 3 fully saturated rings. The van der Waals surface area contributed by atoms with Crippen LogP contribution in [0, 0.1) is 38.7 Å². The Hall–Kier alpha value is -4.25. The summed E-state index contributed by atoms with van der Waals surface area (Å²) >= 11 is 0. The molecule has 1 N–H and O–H groups in total. The molecule has 2 aliphatic heterocycles. The van der Waals surface area contributed by atoms with Gasteiger partial charge in [0.25, 0.3) is 5.66 Å². The SMILES string of the molecule is CC(C)OC(=O)c1ccc([C@@H](CCC(C)(C)C)N2C(=O)C=[N+]([O-])C23CCC(C(C)(C)C)CC3)cc1.CC(C)OC(=O)c1ccc([C@@H](CCC(C)(C)C)N2C(=O)CNC23CCC(C(C)(C)C)CC3)cc1. The molecule has 0 aromatic heterocycles. The van der Waals surface area contributed by atoms with E-state index in [1.807, 2.05) is 69.0 Å². The van der Waals surface area contributed by atoms with E-state index in [1.54, 1.807) is 12.1 Å². The van der Waals surface area contributed by atoms with Crippen molar-refractivity contribution in [3.63, 3.8) is 0 Å². The van der Waals surface area contributed by atoms with Crippen molar-refractivity contribution in [2.75, 3.05) is 6.54 Å². The van der Waals surface area contributed by atoms with Crippen molar-refractivity contribution in [3.8, 4) is 0 Å². The molecule has 2 saturated carbocycles. The second-order valence-corrected chi connectivity index (χ2v) is 26.0. The van der Waals surface area contributed by atoms with E-state index in [1.165, 1.54) is 6.21 Å². The van der Waals surface area contributed by atoms with Crippen LogP contribution in [0.1, 0.15) is 232 Å². The number of amides is 2. The Bertz CT molecular complexity index is 2100. The second kappa shape index (κ2) is 21.6. The van der Waals surface area contributed by atoms with Crippen molar-refractivity contribution in [1.29, 1.82) is 0 Å². The summed E-state index contributed by atoms with van der Waals surface area (Å²) in [5.41, 5.74) is 2.71. The minimum atomic E-state index is -0.837. The first-order valence-electron chi connectivity index (χ1n) is 26.2. The van der Waals surface area contributed by atoms with Crippen molar-refractivity contribution in [3.05, 3.63) is 76.0 Å². The fraction of sp³-hybridized carbons (Fsp3) is 0.707. The monoisotopic (exact) mass is 955 g/mol. The number of hydrogen-bond acceptors (Lipinski definition) is 8. The Morgan fingerprint density at radius 1 is 0.638 bits per heavy atom. The number of ether oxygens (including phenoxy) is 2. The molecule has 2 spiro atoms. The normalized spacial score (nSPS) is 24.4. The lowest BCUT2D eigenvalue weighted by Gasteiger charge is -2.49. The summed E-state index contributed by atoms with van der Waals surface area (Å²) < 4.78 is 11.6. The van der Waals surface area contributed by atoms with E-state index in [-0.39, 0.29) is 70.0 Å². The summed E-state index contributed by atoms with van der Waals surface area (Å²) in [7, 11) is 0. The van der Waals surface area contributed by atoms with Gasteiger partial charge in [-0.1, -0.05) is 107 Å². The van der Waals surface area contributed by atoms with Gasteiger partial charge in [-0.2, -0.15) is 4.74 Å². The second-order valence-electron chi connectivity index (χ2n) is 26.0. The van der Waals surface area contributed by atoms with Crippen LogP contribution in [0.4, 0.5) is 0 Å². The van der Waals surface area contributed by atoms with Crippen molar-refractivity contribution < 1.29 is 33.4 Å². The fourth-order valence-corrected chi connectivity index (χ4v) is 11.2. The Labute approximate surface area is 416 Å². The van der Waals surface area contributed by atoms with Crippen LogP contribution in [0.2, 0.25) is 0 Å². The number of rotatable bonds is 12. The van der Waals surface area contributed by atoms with Gasteiger partial charge < -0.3 is 19.6 Å². The lowest BCUT2D eigenvalue weighted by molar-refractivity contribution is -0.573. The van der Waals surface area contributed by atoms with Crippen molar-refractivity contribution >= 4 is 30.0 Å². The van der Waals surface area contributed by atoms with Gasteiger partial charge in [-0.15, -0.1) is 0 Å². The van der Waals surface area contributed by atoms with Crippen molar-refractivity contribution in [2.45, 2.75) is 223 Å². The van der Waals surface area contributed by atoms with Crippen LogP contribution in [0.15, 0.2) is 48.5 Å². The highest BCUT2D eigenvalue weighted by Gasteiger charge is 2.57.